The van der Waals surface area contributed by atoms with Gasteiger partial charge in [-0.15, -0.1) is 0 Å². The number of hydrogen-bond donors (Lipinski definition) is 0. The predicted molar refractivity (Wildman–Crippen MR) is 64.0 cm³/mol. The van der Waals surface area contributed by atoms with Crippen molar-refractivity contribution >= 4 is 5.97 Å². The zero-order chi connectivity index (χ0) is 12.9. The first kappa shape index (κ1) is 16.4. The van der Waals surface area contributed by atoms with Crippen LogP contribution in [0.4, 0.5) is 0 Å². The molecule has 0 fully saturated rings. The largest absolute Gasteiger partial charge is 0.466 e. The van der Waals surface area contributed by atoms with Crippen LogP contribution in [0.1, 0.15) is 27.2 Å². The number of ether oxygens (including phenoxy) is 4. The maximum absolute atomic E-state index is 10.9. The highest BCUT2D eigenvalue weighted by molar-refractivity contribution is 5.69. The highest BCUT2D eigenvalue weighted by Crippen LogP contribution is 1.89. The van der Waals surface area contributed by atoms with E-state index < -0.39 is 0 Å². The van der Waals surface area contributed by atoms with E-state index in [0.29, 0.717) is 46.1 Å². The van der Waals surface area contributed by atoms with E-state index in [1.54, 1.807) is 6.92 Å². The fourth-order valence-corrected chi connectivity index (χ4v) is 1.05. The second-order valence-electron chi connectivity index (χ2n) is 3.70. The van der Waals surface area contributed by atoms with Crippen LogP contribution in [0.25, 0.3) is 0 Å². The molecule has 5 nitrogen and oxygen atoms in total. The van der Waals surface area contributed by atoms with Gasteiger partial charge in [0.15, 0.2) is 0 Å². The molecule has 0 saturated carbocycles. The second kappa shape index (κ2) is 11.8. The van der Waals surface area contributed by atoms with Crippen LogP contribution in [-0.2, 0) is 23.7 Å². The lowest BCUT2D eigenvalue weighted by Crippen LogP contribution is -2.13. The van der Waals surface area contributed by atoms with E-state index >= 15 is 0 Å². The molecule has 5 heteroatoms. The highest BCUT2D eigenvalue weighted by atomic mass is 16.6. The summed E-state index contributed by atoms with van der Waals surface area (Å²) in [6.45, 7) is 8.72. The van der Waals surface area contributed by atoms with E-state index in [1.165, 1.54) is 0 Å². The van der Waals surface area contributed by atoms with Crippen molar-refractivity contribution in [3.05, 3.63) is 0 Å². The third-order valence-corrected chi connectivity index (χ3v) is 1.81. The molecular weight excluding hydrogens is 224 g/mol. The summed E-state index contributed by atoms with van der Waals surface area (Å²) in [5.41, 5.74) is 0. The van der Waals surface area contributed by atoms with Crippen LogP contribution in [0.15, 0.2) is 0 Å². The second-order valence-corrected chi connectivity index (χ2v) is 3.70. The Kier molecular flexibility index (Phi) is 11.4. The van der Waals surface area contributed by atoms with Crippen molar-refractivity contribution in [2.24, 2.45) is 0 Å². The average Bonchev–Trinajstić information content (AvgIpc) is 2.27. The highest BCUT2D eigenvalue weighted by Gasteiger charge is 2.00. The van der Waals surface area contributed by atoms with Gasteiger partial charge in [-0.2, -0.15) is 0 Å². The standard InChI is InChI=1S/C12H24O5/c1-4-16-12(13)5-6-14-7-8-15-9-10-17-11(2)3/h11H,4-10H2,1-3H3. The molecule has 0 saturated heterocycles. The van der Waals surface area contributed by atoms with Crippen LogP contribution in [0.3, 0.4) is 0 Å². The summed E-state index contributed by atoms with van der Waals surface area (Å²) < 4.78 is 20.5. The van der Waals surface area contributed by atoms with Gasteiger partial charge in [0.25, 0.3) is 0 Å². The van der Waals surface area contributed by atoms with Crippen molar-refractivity contribution in [3.63, 3.8) is 0 Å². The fraction of sp³-hybridized carbons (Fsp3) is 0.917. The zero-order valence-electron chi connectivity index (χ0n) is 11.1. The first-order valence-electron chi connectivity index (χ1n) is 6.09. The SMILES string of the molecule is CCOC(=O)CCOCCOCCOC(C)C. The van der Waals surface area contributed by atoms with Gasteiger partial charge in [-0.05, 0) is 20.8 Å². The average molecular weight is 248 g/mol. The Labute approximate surface area is 103 Å². The first-order valence-corrected chi connectivity index (χ1v) is 6.09. The lowest BCUT2D eigenvalue weighted by atomic mass is 10.5. The van der Waals surface area contributed by atoms with Crippen molar-refractivity contribution in [3.8, 4) is 0 Å². The van der Waals surface area contributed by atoms with Gasteiger partial charge in [0.1, 0.15) is 0 Å². The van der Waals surface area contributed by atoms with E-state index in [2.05, 4.69) is 0 Å². The molecule has 0 radical (unpaired) electrons. The molecule has 102 valence electrons. The molecular formula is C12H24O5. The predicted octanol–water partition coefficient (Wildman–Crippen LogP) is 1.40. The molecule has 0 rings (SSSR count). The molecule has 0 aliphatic heterocycles. The quantitative estimate of drug-likeness (QED) is 0.408. The Morgan fingerprint density at radius 3 is 2.18 bits per heavy atom. The number of hydrogen-bond acceptors (Lipinski definition) is 5. The Hall–Kier alpha value is -0.650. The van der Waals surface area contributed by atoms with Crippen molar-refractivity contribution in [1.29, 1.82) is 0 Å². The Morgan fingerprint density at radius 2 is 1.59 bits per heavy atom. The third-order valence-electron chi connectivity index (χ3n) is 1.81. The molecule has 0 aliphatic rings. The van der Waals surface area contributed by atoms with Crippen molar-refractivity contribution in [2.45, 2.75) is 33.3 Å². The van der Waals surface area contributed by atoms with Crippen molar-refractivity contribution < 1.29 is 23.7 Å². The van der Waals surface area contributed by atoms with Gasteiger partial charge < -0.3 is 18.9 Å². The molecule has 0 amide bonds. The fourth-order valence-electron chi connectivity index (χ4n) is 1.05. The lowest BCUT2D eigenvalue weighted by molar-refractivity contribution is -0.144. The molecule has 0 heterocycles. The van der Waals surface area contributed by atoms with E-state index in [1.807, 2.05) is 13.8 Å². The third kappa shape index (κ3) is 13.3. The Morgan fingerprint density at radius 1 is 1.00 bits per heavy atom. The molecule has 0 atom stereocenters. The minimum atomic E-state index is -0.223. The topological polar surface area (TPSA) is 54.0 Å². The molecule has 0 unspecified atom stereocenters. The zero-order valence-corrected chi connectivity index (χ0v) is 11.1. The van der Waals surface area contributed by atoms with Gasteiger partial charge in [-0.1, -0.05) is 0 Å². The summed E-state index contributed by atoms with van der Waals surface area (Å²) in [6.07, 6.45) is 0.532. The van der Waals surface area contributed by atoms with Crippen LogP contribution in [0, 0.1) is 0 Å². The molecule has 0 aromatic carbocycles. The maximum Gasteiger partial charge on any atom is 0.308 e. The van der Waals surface area contributed by atoms with Gasteiger partial charge in [-0.25, -0.2) is 0 Å². The Bertz CT molecular complexity index is 182. The van der Waals surface area contributed by atoms with E-state index in [4.69, 9.17) is 18.9 Å². The van der Waals surface area contributed by atoms with Crippen LogP contribution in [0.5, 0.6) is 0 Å². The molecule has 0 aliphatic carbocycles. The van der Waals surface area contributed by atoms with Gasteiger partial charge in [0.05, 0.1) is 52.2 Å². The minimum Gasteiger partial charge on any atom is -0.466 e. The van der Waals surface area contributed by atoms with Gasteiger partial charge in [0, 0.05) is 0 Å². The first-order chi connectivity index (χ1) is 8.16. The number of carbonyl (C=O) groups is 1. The molecule has 0 N–H and O–H groups in total. The lowest BCUT2D eigenvalue weighted by Gasteiger charge is -2.08. The molecule has 17 heavy (non-hydrogen) atoms. The summed E-state index contributed by atoms with van der Waals surface area (Å²) in [4.78, 5) is 10.9. The summed E-state index contributed by atoms with van der Waals surface area (Å²) in [5.74, 6) is -0.223. The number of carbonyl (C=O) groups excluding carboxylic acids is 1. The molecule has 0 aromatic heterocycles. The maximum atomic E-state index is 10.9. The Balaban J connectivity index is 3.06. The van der Waals surface area contributed by atoms with E-state index in [0.717, 1.165) is 0 Å². The van der Waals surface area contributed by atoms with Crippen LogP contribution >= 0.6 is 0 Å². The van der Waals surface area contributed by atoms with Crippen molar-refractivity contribution in [1.82, 2.24) is 0 Å². The van der Waals surface area contributed by atoms with E-state index in [-0.39, 0.29) is 12.1 Å². The smallest absolute Gasteiger partial charge is 0.308 e. The minimum absolute atomic E-state index is 0.223. The summed E-state index contributed by atoms with van der Waals surface area (Å²) >= 11 is 0. The number of rotatable bonds is 11. The monoisotopic (exact) mass is 248 g/mol. The summed E-state index contributed by atoms with van der Waals surface area (Å²) in [7, 11) is 0. The van der Waals surface area contributed by atoms with Crippen LogP contribution in [-0.4, -0.2) is 51.7 Å². The van der Waals surface area contributed by atoms with Gasteiger partial charge in [0.2, 0.25) is 0 Å². The van der Waals surface area contributed by atoms with Gasteiger partial charge >= 0.3 is 5.97 Å². The van der Waals surface area contributed by atoms with Gasteiger partial charge in [-0.3, -0.25) is 4.79 Å². The summed E-state index contributed by atoms with van der Waals surface area (Å²) in [6, 6.07) is 0. The van der Waals surface area contributed by atoms with Crippen LogP contribution < -0.4 is 0 Å². The van der Waals surface area contributed by atoms with Crippen LogP contribution in [0.2, 0.25) is 0 Å². The molecule has 0 aromatic rings. The molecule has 0 bridgehead atoms. The van der Waals surface area contributed by atoms with E-state index in [9.17, 15) is 4.79 Å². The van der Waals surface area contributed by atoms with Crippen molar-refractivity contribution in [2.75, 3.05) is 39.6 Å². The molecule has 0 spiro atoms. The number of esters is 1. The summed E-state index contributed by atoms with van der Waals surface area (Å²) in [5, 5.41) is 0. The normalized spacial score (nSPS) is 10.8.